The lowest BCUT2D eigenvalue weighted by Gasteiger charge is -2.34. The van der Waals surface area contributed by atoms with Crippen LogP contribution in [0.15, 0.2) is 71.8 Å². The van der Waals surface area contributed by atoms with Crippen LogP contribution in [0, 0.1) is 11.8 Å². The minimum absolute atomic E-state index is 0.0110. The van der Waals surface area contributed by atoms with Crippen molar-refractivity contribution in [2.24, 2.45) is 11.8 Å². The number of benzene rings is 2. The van der Waals surface area contributed by atoms with E-state index < -0.39 is 22.0 Å². The van der Waals surface area contributed by atoms with Crippen LogP contribution in [0.2, 0.25) is 10.0 Å². The van der Waals surface area contributed by atoms with Gasteiger partial charge in [0.2, 0.25) is 10.0 Å². The Morgan fingerprint density at radius 3 is 2.13 bits per heavy atom. The highest BCUT2D eigenvalue weighted by Gasteiger charge is 2.28. The molecule has 2 aromatic carbocycles. The number of halogens is 2. The molecule has 1 amide bonds. The molecule has 2 aliphatic heterocycles. The summed E-state index contributed by atoms with van der Waals surface area (Å²) in [6.07, 6.45) is 9.01. The second-order valence-electron chi connectivity index (χ2n) is 12.3. The topological polar surface area (TPSA) is 120 Å². The maximum absolute atomic E-state index is 13.0. The molecule has 2 aliphatic rings. The van der Waals surface area contributed by atoms with Crippen LogP contribution in [0.4, 0.5) is 5.82 Å². The van der Waals surface area contributed by atoms with Crippen LogP contribution in [-0.4, -0.2) is 67.5 Å². The molecule has 1 aromatic heterocycles. The molecule has 12 heteroatoms. The van der Waals surface area contributed by atoms with Gasteiger partial charge in [0.25, 0.3) is 5.91 Å². The zero-order chi connectivity index (χ0) is 32.7. The largest absolute Gasteiger partial charge is 0.480 e. The third-order valence-corrected chi connectivity index (χ3v) is 11.3. The van der Waals surface area contributed by atoms with E-state index in [1.54, 1.807) is 48.5 Å². The summed E-state index contributed by atoms with van der Waals surface area (Å²) in [5.74, 6) is 0.776. The number of hydrogen-bond acceptors (Lipinski definition) is 6. The van der Waals surface area contributed by atoms with Crippen LogP contribution < -0.4 is 9.62 Å². The standard InChI is InChI=1S/C34H40Cl2N4O5S/c35-29-11-9-27(22-30(29)36)33(41)40-19-15-25(16-20-40)8-4-7-24-13-17-39(18-14-24)32-12-10-28(23-37-32)46(44,45)38-31(34(42)43)21-26-5-2-1-3-6-26/h1-3,5-6,9-12,22-25,31,38H,4,7-8,13-21H2,(H,42,43). The number of carbonyl (C=O) groups is 2. The molecule has 5 rings (SSSR count). The molecular weight excluding hydrogens is 647 g/mol. The SMILES string of the molecule is O=C(O)C(Cc1ccccc1)NS(=O)(=O)c1ccc(N2CCC(CCCC3CCN(C(=O)c4ccc(Cl)c(Cl)c4)CC3)CC2)nc1. The first kappa shape index (κ1) is 34.2. The number of nitrogens with zero attached hydrogens (tertiary/aromatic N) is 3. The van der Waals surface area contributed by atoms with Gasteiger partial charge in [-0.25, -0.2) is 13.4 Å². The van der Waals surface area contributed by atoms with Gasteiger partial charge in [-0.1, -0.05) is 72.8 Å². The molecule has 2 N–H and O–H groups in total. The van der Waals surface area contributed by atoms with Crippen molar-refractivity contribution in [3.8, 4) is 0 Å². The lowest BCUT2D eigenvalue weighted by molar-refractivity contribution is -0.138. The fraction of sp³-hybridized carbons (Fsp3) is 0.441. The minimum Gasteiger partial charge on any atom is -0.480 e. The van der Waals surface area contributed by atoms with E-state index in [-0.39, 0.29) is 17.2 Å². The van der Waals surface area contributed by atoms with Crippen molar-refractivity contribution in [2.45, 2.75) is 62.3 Å². The summed E-state index contributed by atoms with van der Waals surface area (Å²) in [6.45, 7) is 3.24. The number of carboxylic acid groups (broad SMARTS) is 1. The van der Waals surface area contributed by atoms with Gasteiger partial charge < -0.3 is 14.9 Å². The Hall–Kier alpha value is -3.18. The van der Waals surface area contributed by atoms with Crippen LogP contribution in [-0.2, 0) is 21.2 Å². The molecule has 3 aromatic rings. The highest BCUT2D eigenvalue weighted by atomic mass is 35.5. The first-order valence-electron chi connectivity index (χ1n) is 15.8. The third-order valence-electron chi connectivity index (χ3n) is 9.14. The van der Waals surface area contributed by atoms with Gasteiger partial charge in [0.15, 0.2) is 0 Å². The number of piperidine rings is 2. The lowest BCUT2D eigenvalue weighted by atomic mass is 9.86. The van der Waals surface area contributed by atoms with Gasteiger partial charge in [0.05, 0.1) is 10.0 Å². The maximum Gasteiger partial charge on any atom is 0.322 e. The van der Waals surface area contributed by atoms with Crippen LogP contribution in [0.25, 0.3) is 0 Å². The zero-order valence-corrected chi connectivity index (χ0v) is 28.0. The number of likely N-dealkylation sites (tertiary alicyclic amines) is 1. The molecule has 0 bridgehead atoms. The van der Waals surface area contributed by atoms with E-state index in [0.717, 1.165) is 63.2 Å². The van der Waals surface area contributed by atoms with E-state index >= 15 is 0 Å². The Balaban J connectivity index is 1.02. The molecule has 0 radical (unpaired) electrons. The third kappa shape index (κ3) is 9.00. The Kier molecular flexibility index (Phi) is 11.6. The smallest absolute Gasteiger partial charge is 0.322 e. The fourth-order valence-electron chi connectivity index (χ4n) is 6.39. The van der Waals surface area contributed by atoms with E-state index in [9.17, 15) is 23.1 Å². The Bertz CT molecular complexity index is 1590. The number of hydrogen-bond donors (Lipinski definition) is 2. The van der Waals surface area contributed by atoms with Crippen molar-refractivity contribution in [1.29, 1.82) is 0 Å². The average molecular weight is 688 g/mol. The van der Waals surface area contributed by atoms with Gasteiger partial charge in [0, 0.05) is 37.9 Å². The number of amides is 1. The average Bonchev–Trinajstić information content (AvgIpc) is 3.06. The van der Waals surface area contributed by atoms with Gasteiger partial charge in [0.1, 0.15) is 16.8 Å². The number of anilines is 1. The number of aliphatic carboxylic acids is 1. The van der Waals surface area contributed by atoms with Gasteiger partial charge in [-0.15, -0.1) is 0 Å². The Morgan fingerprint density at radius 1 is 0.891 bits per heavy atom. The normalized spacial score (nSPS) is 17.2. The van der Waals surface area contributed by atoms with Gasteiger partial charge in [-0.2, -0.15) is 4.72 Å². The summed E-state index contributed by atoms with van der Waals surface area (Å²) >= 11 is 12.1. The molecule has 3 heterocycles. The van der Waals surface area contributed by atoms with E-state index in [1.165, 1.54) is 31.5 Å². The first-order chi connectivity index (χ1) is 22.1. The molecule has 0 aliphatic carbocycles. The highest BCUT2D eigenvalue weighted by Crippen LogP contribution is 2.30. The molecule has 2 saturated heterocycles. The number of carboxylic acids is 1. The summed E-state index contributed by atoms with van der Waals surface area (Å²) in [7, 11) is -4.06. The predicted molar refractivity (Wildman–Crippen MR) is 180 cm³/mol. The number of nitrogens with one attached hydrogen (secondary N) is 1. The molecule has 246 valence electrons. The fourth-order valence-corrected chi connectivity index (χ4v) is 7.82. The summed E-state index contributed by atoms with van der Waals surface area (Å²) < 4.78 is 28.2. The summed E-state index contributed by atoms with van der Waals surface area (Å²) in [5.41, 5.74) is 1.31. The number of sulfonamides is 1. The van der Waals surface area contributed by atoms with Crippen molar-refractivity contribution in [3.63, 3.8) is 0 Å². The van der Waals surface area contributed by atoms with Gasteiger partial charge >= 0.3 is 5.97 Å². The molecule has 46 heavy (non-hydrogen) atoms. The Morgan fingerprint density at radius 2 is 1.54 bits per heavy atom. The van der Waals surface area contributed by atoms with Crippen LogP contribution in [0.5, 0.6) is 0 Å². The van der Waals surface area contributed by atoms with Crippen LogP contribution in [0.1, 0.15) is 60.9 Å². The number of aromatic nitrogens is 1. The molecule has 1 atom stereocenters. The first-order valence-corrected chi connectivity index (χ1v) is 18.1. The molecular formula is C34H40Cl2N4O5S. The van der Waals surface area contributed by atoms with Crippen molar-refractivity contribution in [3.05, 3.63) is 88.0 Å². The number of carbonyl (C=O) groups excluding carboxylic acids is 1. The second kappa shape index (κ2) is 15.6. The quantitative estimate of drug-likeness (QED) is 0.229. The van der Waals surface area contributed by atoms with Crippen LogP contribution in [0.3, 0.4) is 0 Å². The second-order valence-corrected chi connectivity index (χ2v) is 14.8. The van der Waals surface area contributed by atoms with Gasteiger partial charge in [-0.3, -0.25) is 9.59 Å². The minimum atomic E-state index is -4.06. The van der Waals surface area contributed by atoms with Crippen LogP contribution >= 0.6 is 23.2 Å². The molecule has 0 saturated carbocycles. The summed E-state index contributed by atoms with van der Waals surface area (Å²) in [6, 6.07) is 15.8. The van der Waals surface area contributed by atoms with E-state index in [1.807, 2.05) is 11.0 Å². The highest BCUT2D eigenvalue weighted by molar-refractivity contribution is 7.89. The summed E-state index contributed by atoms with van der Waals surface area (Å²) in [5, 5.41) is 10.5. The van der Waals surface area contributed by atoms with Crippen molar-refractivity contribution in [1.82, 2.24) is 14.6 Å². The molecule has 2 fully saturated rings. The molecule has 1 unspecified atom stereocenters. The number of rotatable bonds is 12. The van der Waals surface area contributed by atoms with E-state index in [4.69, 9.17) is 23.2 Å². The molecule has 9 nitrogen and oxygen atoms in total. The maximum atomic E-state index is 13.0. The number of pyridine rings is 1. The van der Waals surface area contributed by atoms with E-state index in [0.29, 0.717) is 27.4 Å². The van der Waals surface area contributed by atoms with Crippen molar-refractivity contribution >= 4 is 50.9 Å². The monoisotopic (exact) mass is 686 g/mol. The van der Waals surface area contributed by atoms with Crippen molar-refractivity contribution in [2.75, 3.05) is 31.1 Å². The zero-order valence-electron chi connectivity index (χ0n) is 25.7. The predicted octanol–water partition coefficient (Wildman–Crippen LogP) is 6.30. The van der Waals surface area contributed by atoms with Gasteiger partial charge in [-0.05, 0) is 79.8 Å². The molecule has 0 spiro atoms. The Labute approximate surface area is 281 Å². The van der Waals surface area contributed by atoms with Crippen molar-refractivity contribution < 1.29 is 23.1 Å². The van der Waals surface area contributed by atoms with E-state index in [2.05, 4.69) is 14.6 Å². The summed E-state index contributed by atoms with van der Waals surface area (Å²) in [4.78, 5) is 33.1. The lowest BCUT2D eigenvalue weighted by Crippen LogP contribution is -2.42.